The number of phenols is 1. The second-order valence-corrected chi connectivity index (χ2v) is 4.24. The molecule has 1 aromatic carbocycles. The van der Waals surface area contributed by atoms with E-state index in [4.69, 9.17) is 11.6 Å². The number of carbonyl (C=O) groups is 1. The molecule has 0 saturated carbocycles. The van der Waals surface area contributed by atoms with Crippen LogP contribution in [0.1, 0.15) is 15.9 Å². The number of rotatable bonds is 2. The van der Waals surface area contributed by atoms with Gasteiger partial charge in [-0.3, -0.25) is 9.78 Å². The lowest BCUT2D eigenvalue weighted by Crippen LogP contribution is -2.12. The Hall–Kier alpha value is -2.07. The molecule has 0 radical (unpaired) electrons. The number of nitrogens with zero attached hydrogens (tertiary/aromatic N) is 1. The number of carbonyl (C=O) groups excluding carboxylic acids is 1. The molecule has 0 fully saturated rings. The predicted octanol–water partition coefficient (Wildman–Crippen LogP) is 3.00. The van der Waals surface area contributed by atoms with Crippen molar-refractivity contribution >= 4 is 23.2 Å². The molecule has 0 aliphatic carbocycles. The molecule has 2 N–H and O–H groups in total. The van der Waals surface area contributed by atoms with Crippen molar-refractivity contribution in [1.82, 2.24) is 4.98 Å². The van der Waals surface area contributed by atoms with Crippen LogP contribution >= 0.6 is 11.6 Å². The summed E-state index contributed by atoms with van der Waals surface area (Å²) in [5.41, 5.74) is 1.57. The summed E-state index contributed by atoms with van der Waals surface area (Å²) in [6.45, 7) is 1.85. The third kappa shape index (κ3) is 2.60. The zero-order valence-electron chi connectivity index (χ0n) is 9.64. The van der Waals surface area contributed by atoms with Gasteiger partial charge in [-0.2, -0.15) is 0 Å². The van der Waals surface area contributed by atoms with Gasteiger partial charge >= 0.3 is 0 Å². The number of hydrogen-bond acceptors (Lipinski definition) is 3. The van der Waals surface area contributed by atoms with E-state index < -0.39 is 0 Å². The van der Waals surface area contributed by atoms with Gasteiger partial charge in [0.25, 0.3) is 5.91 Å². The van der Waals surface area contributed by atoms with Crippen LogP contribution in [0.15, 0.2) is 36.7 Å². The van der Waals surface area contributed by atoms with Crippen LogP contribution in [0.25, 0.3) is 0 Å². The summed E-state index contributed by atoms with van der Waals surface area (Å²) in [4.78, 5) is 15.7. The Balaban J connectivity index is 2.24. The van der Waals surface area contributed by atoms with Gasteiger partial charge in [0.05, 0.1) is 16.3 Å². The summed E-state index contributed by atoms with van der Waals surface area (Å²) >= 11 is 5.86. The van der Waals surface area contributed by atoms with Crippen molar-refractivity contribution in [3.8, 4) is 5.75 Å². The zero-order chi connectivity index (χ0) is 13.1. The van der Waals surface area contributed by atoms with E-state index in [1.807, 2.05) is 6.92 Å². The molecule has 1 aromatic heterocycles. The maximum absolute atomic E-state index is 11.9. The van der Waals surface area contributed by atoms with Crippen molar-refractivity contribution < 1.29 is 9.90 Å². The van der Waals surface area contributed by atoms with Gasteiger partial charge in [0.1, 0.15) is 5.75 Å². The Kier molecular flexibility index (Phi) is 3.48. The minimum atomic E-state index is -0.387. The first-order chi connectivity index (χ1) is 8.58. The number of nitrogens with one attached hydrogen (secondary N) is 1. The van der Waals surface area contributed by atoms with Crippen LogP contribution in [0.2, 0.25) is 5.02 Å². The first-order valence-electron chi connectivity index (χ1n) is 5.28. The number of hydrogen-bond donors (Lipinski definition) is 2. The van der Waals surface area contributed by atoms with Crippen LogP contribution in [0.4, 0.5) is 5.69 Å². The van der Waals surface area contributed by atoms with Gasteiger partial charge in [-0.25, -0.2) is 0 Å². The molecule has 2 aromatic rings. The fourth-order valence-electron chi connectivity index (χ4n) is 1.50. The van der Waals surface area contributed by atoms with E-state index in [0.29, 0.717) is 11.3 Å². The third-order valence-electron chi connectivity index (χ3n) is 2.42. The lowest BCUT2D eigenvalue weighted by atomic mass is 10.2. The minimum Gasteiger partial charge on any atom is -0.506 e. The van der Waals surface area contributed by atoms with Gasteiger partial charge in [0.15, 0.2) is 0 Å². The highest BCUT2D eigenvalue weighted by atomic mass is 35.5. The number of aromatic nitrogens is 1. The largest absolute Gasteiger partial charge is 0.506 e. The Bertz CT molecular complexity index is 599. The lowest BCUT2D eigenvalue weighted by molar-refractivity contribution is 0.102. The summed E-state index contributed by atoms with van der Waals surface area (Å²) in [7, 11) is 0. The Morgan fingerprint density at radius 2 is 2.17 bits per heavy atom. The molecule has 0 aliphatic heterocycles. The van der Waals surface area contributed by atoms with Gasteiger partial charge in [-0.1, -0.05) is 17.7 Å². The van der Waals surface area contributed by atoms with Gasteiger partial charge in [-0.05, 0) is 30.7 Å². The van der Waals surface area contributed by atoms with Crippen molar-refractivity contribution in [3.05, 3.63) is 52.8 Å². The number of pyridine rings is 1. The van der Waals surface area contributed by atoms with E-state index in [1.165, 1.54) is 18.5 Å². The monoisotopic (exact) mass is 262 g/mol. The molecule has 2 rings (SSSR count). The Morgan fingerprint density at radius 1 is 1.39 bits per heavy atom. The fourth-order valence-corrected chi connectivity index (χ4v) is 1.70. The van der Waals surface area contributed by atoms with E-state index in [2.05, 4.69) is 10.3 Å². The second-order valence-electron chi connectivity index (χ2n) is 3.83. The SMILES string of the molecule is Cc1ccc(NC(=O)c2ccncc2Cl)c(O)c1. The average Bonchev–Trinajstić information content (AvgIpc) is 2.33. The number of aromatic hydroxyl groups is 1. The summed E-state index contributed by atoms with van der Waals surface area (Å²) in [5, 5.41) is 12.6. The van der Waals surface area contributed by atoms with Crippen LogP contribution < -0.4 is 5.32 Å². The van der Waals surface area contributed by atoms with Gasteiger partial charge in [0.2, 0.25) is 0 Å². The molecule has 4 nitrogen and oxygen atoms in total. The number of anilines is 1. The highest BCUT2D eigenvalue weighted by Gasteiger charge is 2.12. The lowest BCUT2D eigenvalue weighted by Gasteiger charge is -2.08. The first kappa shape index (κ1) is 12.4. The minimum absolute atomic E-state index is 0.0218. The zero-order valence-corrected chi connectivity index (χ0v) is 10.4. The molecular formula is C13H11ClN2O2. The van der Waals surface area contributed by atoms with Gasteiger partial charge in [-0.15, -0.1) is 0 Å². The van der Waals surface area contributed by atoms with Gasteiger partial charge in [0, 0.05) is 12.4 Å². The van der Waals surface area contributed by atoms with E-state index in [0.717, 1.165) is 5.56 Å². The molecule has 0 atom stereocenters. The second kappa shape index (κ2) is 5.06. The Labute approximate surface area is 109 Å². The fraction of sp³-hybridized carbons (Fsp3) is 0.0769. The molecule has 92 valence electrons. The van der Waals surface area contributed by atoms with Crippen LogP contribution in [0, 0.1) is 6.92 Å². The highest BCUT2D eigenvalue weighted by molar-refractivity contribution is 6.34. The van der Waals surface area contributed by atoms with Crippen LogP contribution in [0.3, 0.4) is 0 Å². The average molecular weight is 263 g/mol. The van der Waals surface area contributed by atoms with Crippen LogP contribution in [-0.4, -0.2) is 16.0 Å². The quantitative estimate of drug-likeness (QED) is 0.818. The molecule has 18 heavy (non-hydrogen) atoms. The molecule has 1 heterocycles. The van der Waals surface area contributed by atoms with E-state index in [9.17, 15) is 9.90 Å². The van der Waals surface area contributed by atoms with Crippen molar-refractivity contribution in [2.45, 2.75) is 6.92 Å². The number of halogens is 1. The predicted molar refractivity (Wildman–Crippen MR) is 70.0 cm³/mol. The van der Waals surface area contributed by atoms with Crippen LogP contribution in [0.5, 0.6) is 5.75 Å². The summed E-state index contributed by atoms with van der Waals surface area (Å²) in [6, 6.07) is 6.52. The first-order valence-corrected chi connectivity index (χ1v) is 5.66. The van der Waals surface area contributed by atoms with Crippen LogP contribution in [-0.2, 0) is 0 Å². The number of benzene rings is 1. The van der Waals surface area contributed by atoms with E-state index in [-0.39, 0.29) is 16.7 Å². The summed E-state index contributed by atoms with van der Waals surface area (Å²) < 4.78 is 0. The highest BCUT2D eigenvalue weighted by Crippen LogP contribution is 2.25. The molecule has 5 heteroatoms. The maximum atomic E-state index is 11.9. The normalized spacial score (nSPS) is 10.1. The molecule has 0 saturated heterocycles. The summed E-state index contributed by atoms with van der Waals surface area (Å²) in [6.07, 6.45) is 2.88. The molecule has 0 spiro atoms. The standard InChI is InChI=1S/C13H11ClN2O2/c1-8-2-3-11(12(17)6-8)16-13(18)9-4-5-15-7-10(9)14/h2-7,17H,1H3,(H,16,18). The number of phenolic OH excluding ortho intramolecular Hbond substituents is 1. The van der Waals surface area contributed by atoms with Crippen molar-refractivity contribution in [2.75, 3.05) is 5.32 Å². The third-order valence-corrected chi connectivity index (χ3v) is 2.72. The van der Waals surface area contributed by atoms with Crippen molar-refractivity contribution in [3.63, 3.8) is 0 Å². The number of amides is 1. The number of aryl methyl sites for hydroxylation is 1. The van der Waals surface area contributed by atoms with E-state index >= 15 is 0 Å². The Morgan fingerprint density at radius 3 is 2.83 bits per heavy atom. The molecule has 1 amide bonds. The molecule has 0 unspecified atom stereocenters. The maximum Gasteiger partial charge on any atom is 0.257 e. The molecular weight excluding hydrogens is 252 g/mol. The molecule has 0 aliphatic rings. The van der Waals surface area contributed by atoms with Crippen molar-refractivity contribution in [2.24, 2.45) is 0 Å². The van der Waals surface area contributed by atoms with Crippen molar-refractivity contribution in [1.29, 1.82) is 0 Å². The smallest absolute Gasteiger partial charge is 0.257 e. The topological polar surface area (TPSA) is 62.2 Å². The summed E-state index contributed by atoms with van der Waals surface area (Å²) in [5.74, 6) is -0.366. The molecule has 0 bridgehead atoms. The van der Waals surface area contributed by atoms with E-state index in [1.54, 1.807) is 18.2 Å². The van der Waals surface area contributed by atoms with Gasteiger partial charge < -0.3 is 10.4 Å².